The molecule has 2 aliphatic rings. The highest BCUT2D eigenvalue weighted by atomic mass is 79.9. The van der Waals surface area contributed by atoms with Crippen LogP contribution in [0, 0.1) is 5.92 Å². The number of fused-ring (bicyclic) bond motifs is 1. The van der Waals surface area contributed by atoms with E-state index in [9.17, 15) is 9.59 Å². The van der Waals surface area contributed by atoms with E-state index in [0.717, 1.165) is 0 Å². The number of methoxy groups -OCH3 is 2. The first-order valence-corrected chi connectivity index (χ1v) is 6.62. The number of esters is 1. The molecule has 96 valence electrons. The van der Waals surface area contributed by atoms with Crippen LogP contribution in [-0.4, -0.2) is 47.5 Å². The summed E-state index contributed by atoms with van der Waals surface area (Å²) >= 11 is 6.74. The van der Waals surface area contributed by atoms with Gasteiger partial charge in [-0.1, -0.05) is 31.9 Å². The van der Waals surface area contributed by atoms with Gasteiger partial charge in [0.05, 0.1) is 6.61 Å². The van der Waals surface area contributed by atoms with E-state index in [-0.39, 0.29) is 12.5 Å². The lowest BCUT2D eigenvalue weighted by Gasteiger charge is -2.42. The molecule has 0 N–H and O–H groups in total. The Hall–Kier alpha value is 0.0200. The molecular weight excluding hydrogens is 360 g/mol. The van der Waals surface area contributed by atoms with Crippen molar-refractivity contribution in [3.8, 4) is 0 Å². The third-order valence-electron chi connectivity index (χ3n) is 3.61. The second-order valence-corrected chi connectivity index (χ2v) is 6.88. The monoisotopic (exact) mass is 370 g/mol. The van der Waals surface area contributed by atoms with Crippen molar-refractivity contribution in [3.05, 3.63) is 0 Å². The van der Waals surface area contributed by atoms with Gasteiger partial charge in [-0.15, -0.1) is 0 Å². The molecule has 5 nitrogen and oxygen atoms in total. The van der Waals surface area contributed by atoms with Gasteiger partial charge >= 0.3 is 5.97 Å². The predicted octanol–water partition coefficient (Wildman–Crippen LogP) is 1.02. The Bertz CT molecular complexity index is 370. The summed E-state index contributed by atoms with van der Waals surface area (Å²) in [5.41, 5.74) is 0. The SMILES string of the molecule is COC1(OC)[C@@]2(Br)C(=O)OC[C@H]2C[C@@]1(Br)C=O. The average molecular weight is 372 g/mol. The van der Waals surface area contributed by atoms with Crippen molar-refractivity contribution in [2.75, 3.05) is 20.8 Å². The molecule has 17 heavy (non-hydrogen) atoms. The number of hydrogen-bond acceptors (Lipinski definition) is 5. The Labute approximate surface area is 115 Å². The lowest BCUT2D eigenvalue weighted by Crippen LogP contribution is -2.63. The Balaban J connectivity index is 2.61. The van der Waals surface area contributed by atoms with Gasteiger partial charge in [-0.25, -0.2) is 0 Å². The van der Waals surface area contributed by atoms with E-state index >= 15 is 0 Å². The fourth-order valence-electron chi connectivity index (χ4n) is 2.81. The zero-order valence-electron chi connectivity index (χ0n) is 9.37. The second-order valence-electron chi connectivity index (χ2n) is 4.22. The maximum absolute atomic E-state index is 11.9. The van der Waals surface area contributed by atoms with Gasteiger partial charge in [0.25, 0.3) is 0 Å². The molecule has 0 unspecified atom stereocenters. The highest BCUT2D eigenvalue weighted by molar-refractivity contribution is 9.11. The molecule has 2 rings (SSSR count). The topological polar surface area (TPSA) is 61.8 Å². The van der Waals surface area contributed by atoms with E-state index < -0.39 is 20.4 Å². The van der Waals surface area contributed by atoms with Crippen molar-refractivity contribution in [1.82, 2.24) is 0 Å². The standard InChI is InChI=1S/C10H12Br2O5/c1-15-10(16-2)8(11,5-13)3-6-4-17-7(14)9(6,10)12/h5-6H,3-4H2,1-2H3/t6-,8-,9+/m1/s1. The molecule has 3 atom stereocenters. The molecule has 0 spiro atoms. The number of carbonyl (C=O) groups is 2. The van der Waals surface area contributed by atoms with E-state index in [1.807, 2.05) is 0 Å². The molecule has 0 amide bonds. The lowest BCUT2D eigenvalue weighted by molar-refractivity contribution is -0.226. The zero-order chi connectivity index (χ0) is 12.9. The molecule has 1 aliphatic heterocycles. The largest absolute Gasteiger partial charge is 0.464 e. The number of alkyl halides is 2. The third-order valence-corrected chi connectivity index (χ3v) is 6.13. The molecule has 7 heteroatoms. The molecule has 1 aliphatic carbocycles. The summed E-state index contributed by atoms with van der Waals surface area (Å²) < 4.78 is 13.6. The zero-order valence-corrected chi connectivity index (χ0v) is 12.5. The van der Waals surface area contributed by atoms with Crippen LogP contribution < -0.4 is 0 Å². The van der Waals surface area contributed by atoms with Crippen LogP contribution in [-0.2, 0) is 23.8 Å². The molecule has 0 aromatic heterocycles. The maximum atomic E-state index is 11.9. The molecular formula is C10H12Br2O5. The van der Waals surface area contributed by atoms with Gasteiger partial charge in [0.15, 0.2) is 4.32 Å². The summed E-state index contributed by atoms with van der Waals surface area (Å²) in [5, 5.41) is 0. The number of cyclic esters (lactones) is 1. The summed E-state index contributed by atoms with van der Waals surface area (Å²) in [6, 6.07) is 0. The molecule has 0 aromatic rings. The summed E-state index contributed by atoms with van der Waals surface area (Å²) in [6.07, 6.45) is 1.11. The van der Waals surface area contributed by atoms with Gasteiger partial charge in [0.2, 0.25) is 5.79 Å². The highest BCUT2D eigenvalue weighted by Crippen LogP contribution is 2.62. The van der Waals surface area contributed by atoms with Crippen molar-refractivity contribution < 1.29 is 23.8 Å². The summed E-state index contributed by atoms with van der Waals surface area (Å²) in [7, 11) is 2.81. The molecule has 1 heterocycles. The average Bonchev–Trinajstić information content (AvgIpc) is 2.70. The first-order valence-electron chi connectivity index (χ1n) is 5.03. The van der Waals surface area contributed by atoms with Crippen LogP contribution >= 0.6 is 31.9 Å². The molecule has 0 bridgehead atoms. The van der Waals surface area contributed by atoms with Crippen molar-refractivity contribution in [1.29, 1.82) is 0 Å². The van der Waals surface area contributed by atoms with Crippen LogP contribution in [0.2, 0.25) is 0 Å². The second kappa shape index (κ2) is 4.01. The highest BCUT2D eigenvalue weighted by Gasteiger charge is 2.78. The third kappa shape index (κ3) is 1.31. The summed E-state index contributed by atoms with van der Waals surface area (Å²) in [6.45, 7) is 0.250. The number of hydrogen-bond donors (Lipinski definition) is 0. The van der Waals surface area contributed by atoms with E-state index in [1.54, 1.807) is 0 Å². The van der Waals surface area contributed by atoms with Crippen molar-refractivity contribution in [3.63, 3.8) is 0 Å². The quantitative estimate of drug-likeness (QED) is 0.321. The summed E-state index contributed by atoms with van der Waals surface area (Å²) in [5.74, 6) is -2.06. The number of rotatable bonds is 3. The summed E-state index contributed by atoms with van der Waals surface area (Å²) in [4.78, 5) is 23.3. The van der Waals surface area contributed by atoms with Crippen molar-refractivity contribution >= 4 is 44.1 Å². The molecule has 1 saturated carbocycles. The first kappa shape index (κ1) is 13.5. The van der Waals surface area contributed by atoms with Crippen LogP contribution in [0.25, 0.3) is 0 Å². The van der Waals surface area contributed by atoms with E-state index in [4.69, 9.17) is 14.2 Å². The van der Waals surface area contributed by atoms with Gasteiger partial charge in [-0.05, 0) is 6.42 Å². The molecule has 0 radical (unpaired) electrons. The maximum Gasteiger partial charge on any atom is 0.329 e. The molecule has 2 fully saturated rings. The Morgan fingerprint density at radius 1 is 1.41 bits per heavy atom. The Morgan fingerprint density at radius 2 is 2.00 bits per heavy atom. The number of carbonyl (C=O) groups excluding carboxylic acids is 2. The van der Waals surface area contributed by atoms with Gasteiger partial charge < -0.3 is 19.0 Å². The van der Waals surface area contributed by atoms with Crippen LogP contribution in [0.5, 0.6) is 0 Å². The minimum absolute atomic E-state index is 0.181. The van der Waals surface area contributed by atoms with Gasteiger partial charge in [-0.3, -0.25) is 4.79 Å². The number of ether oxygens (including phenoxy) is 3. The van der Waals surface area contributed by atoms with E-state index in [2.05, 4.69) is 31.9 Å². The van der Waals surface area contributed by atoms with Gasteiger partial charge in [0, 0.05) is 20.1 Å². The normalized spacial score (nSPS) is 43.3. The van der Waals surface area contributed by atoms with Crippen LogP contribution in [0.3, 0.4) is 0 Å². The molecule has 1 saturated heterocycles. The first-order chi connectivity index (χ1) is 7.91. The van der Waals surface area contributed by atoms with Crippen LogP contribution in [0.15, 0.2) is 0 Å². The number of halogens is 2. The van der Waals surface area contributed by atoms with Gasteiger partial charge in [0.1, 0.15) is 10.6 Å². The van der Waals surface area contributed by atoms with Crippen molar-refractivity contribution in [2.24, 2.45) is 5.92 Å². The minimum Gasteiger partial charge on any atom is -0.464 e. The smallest absolute Gasteiger partial charge is 0.329 e. The minimum atomic E-state index is -1.42. The predicted molar refractivity (Wildman–Crippen MR) is 65.2 cm³/mol. The fourth-order valence-corrected chi connectivity index (χ4v) is 5.19. The number of aldehydes is 1. The van der Waals surface area contributed by atoms with Crippen LogP contribution in [0.4, 0.5) is 0 Å². The molecule has 0 aromatic carbocycles. The van der Waals surface area contributed by atoms with Crippen LogP contribution in [0.1, 0.15) is 6.42 Å². The van der Waals surface area contributed by atoms with E-state index in [0.29, 0.717) is 12.7 Å². The van der Waals surface area contributed by atoms with E-state index in [1.165, 1.54) is 14.2 Å². The van der Waals surface area contributed by atoms with Crippen molar-refractivity contribution in [2.45, 2.75) is 20.9 Å². The van der Waals surface area contributed by atoms with Gasteiger partial charge in [-0.2, -0.15) is 0 Å². The lowest BCUT2D eigenvalue weighted by atomic mass is 9.93. The Kier molecular flexibility index (Phi) is 3.17. The Morgan fingerprint density at radius 3 is 2.47 bits per heavy atom. The fraction of sp³-hybridized carbons (Fsp3) is 0.800.